The molecule has 1 fully saturated rings. The summed E-state index contributed by atoms with van der Waals surface area (Å²) in [6.45, 7) is 5.55. The number of Topliss-reactive ketones (excluding diaryl/α,β-unsaturated/α-hetero) is 1. The number of hydrogen-bond acceptors (Lipinski definition) is 16. The Morgan fingerprint density at radius 2 is 1.65 bits per heavy atom. The van der Waals surface area contributed by atoms with Gasteiger partial charge in [0.2, 0.25) is 18.1 Å². The molecule has 3 amide bonds. The molecule has 20 heteroatoms. The monoisotopic (exact) mass is 786 g/mol. The number of aliphatic carboxylic acids is 1. The Morgan fingerprint density at radius 3 is 2.33 bits per heavy atom. The van der Waals surface area contributed by atoms with Crippen LogP contribution in [-0.2, 0) is 54.4 Å². The van der Waals surface area contributed by atoms with E-state index in [4.69, 9.17) is 29.6 Å². The van der Waals surface area contributed by atoms with Crippen LogP contribution in [0.3, 0.4) is 0 Å². The van der Waals surface area contributed by atoms with Crippen LogP contribution in [0.5, 0.6) is 5.75 Å². The number of unbranched alkanes of at least 4 members (excludes halogenated alkanes) is 1. The Labute approximate surface area is 318 Å². The maximum atomic E-state index is 13.4. The predicted octanol–water partition coefficient (Wildman–Crippen LogP) is -1.55. The van der Waals surface area contributed by atoms with Crippen molar-refractivity contribution in [3.05, 3.63) is 29.3 Å². The van der Waals surface area contributed by atoms with Crippen molar-refractivity contribution in [1.82, 2.24) is 16.0 Å². The van der Waals surface area contributed by atoms with Gasteiger partial charge >= 0.3 is 11.9 Å². The lowest BCUT2D eigenvalue weighted by molar-refractivity contribution is -0.271. The summed E-state index contributed by atoms with van der Waals surface area (Å²) in [5, 5.41) is 48.0. The molecule has 1 saturated heterocycles. The SMILES string of the molecule is CCCOCCOCC(=O)N[C@@H](CCCCNC(=O)c1cc(COC(C)=O)ccc1O[C@@H]1O[C@H](C(=O)O)[C@@H](O)[C@H](O)[C@H]1O)C(=O)C[C@@H](C)C(=O)NCCON. The molecule has 0 radical (unpaired) electrons. The quantitative estimate of drug-likeness (QED) is 0.0300. The Morgan fingerprint density at radius 1 is 0.927 bits per heavy atom. The zero-order chi connectivity index (χ0) is 40.9. The minimum atomic E-state index is -1.96. The molecule has 1 aliphatic rings. The Bertz CT molecular complexity index is 1410. The molecule has 20 nitrogen and oxygen atoms in total. The van der Waals surface area contributed by atoms with E-state index in [1.807, 2.05) is 6.92 Å². The molecular weight excluding hydrogens is 732 g/mol. The standard InChI is InChI=1S/C35H54N4O16/c1-4-12-50-14-15-51-19-27(42)39-24(25(41)16-20(2)32(46)38-11-13-53-36)7-5-6-10-37-33(47)23-17-22(18-52-21(3)40)8-9-26(23)54-35-30(45)28(43)29(44)31(55-35)34(48)49/h8-9,17,20,24,28-31,35,43-45H,4-7,10-16,18-19,36H2,1-3H3,(H,37,47)(H,38,46)(H,39,42)(H,48,49)/t20-,24+,28+,29+,30-,31+,35-/m1/s1. The molecule has 1 aromatic rings. The largest absolute Gasteiger partial charge is 0.479 e. The lowest BCUT2D eigenvalue weighted by atomic mass is 9.96. The molecule has 2 rings (SSSR count). The van der Waals surface area contributed by atoms with Crippen LogP contribution in [-0.4, -0.2) is 139 Å². The number of carbonyl (C=O) groups is 6. The van der Waals surface area contributed by atoms with Crippen LogP contribution in [0.1, 0.15) is 68.8 Å². The van der Waals surface area contributed by atoms with Gasteiger partial charge < -0.3 is 64.9 Å². The number of ether oxygens (including phenoxy) is 5. The average Bonchev–Trinajstić information content (AvgIpc) is 3.14. The highest BCUT2D eigenvalue weighted by atomic mass is 16.7. The maximum Gasteiger partial charge on any atom is 0.335 e. The minimum absolute atomic E-state index is 0.0682. The van der Waals surface area contributed by atoms with Crippen molar-refractivity contribution in [2.24, 2.45) is 11.8 Å². The molecule has 1 aromatic carbocycles. The van der Waals surface area contributed by atoms with Crippen LogP contribution < -0.4 is 26.6 Å². The van der Waals surface area contributed by atoms with Crippen molar-refractivity contribution in [2.75, 3.05) is 46.1 Å². The normalized spacial score (nSPS) is 20.5. The van der Waals surface area contributed by atoms with E-state index in [0.29, 0.717) is 31.6 Å². The van der Waals surface area contributed by atoms with Crippen molar-refractivity contribution in [3.63, 3.8) is 0 Å². The van der Waals surface area contributed by atoms with Gasteiger partial charge in [0.25, 0.3) is 5.91 Å². The van der Waals surface area contributed by atoms with E-state index in [1.165, 1.54) is 25.1 Å². The molecule has 0 aromatic heterocycles. The summed E-state index contributed by atoms with van der Waals surface area (Å²) in [6, 6.07) is 3.12. The van der Waals surface area contributed by atoms with Crippen LogP contribution >= 0.6 is 0 Å². The second-order valence-corrected chi connectivity index (χ2v) is 12.7. The molecule has 1 aliphatic heterocycles. The van der Waals surface area contributed by atoms with Gasteiger partial charge in [-0.15, -0.1) is 0 Å². The highest BCUT2D eigenvalue weighted by Crippen LogP contribution is 2.28. The fraction of sp³-hybridized carbons (Fsp3) is 0.657. The maximum absolute atomic E-state index is 13.4. The predicted molar refractivity (Wildman–Crippen MR) is 189 cm³/mol. The zero-order valence-electron chi connectivity index (χ0n) is 31.2. The number of carboxylic acids is 1. The van der Waals surface area contributed by atoms with E-state index in [0.717, 1.165) is 6.42 Å². The Kier molecular flexibility index (Phi) is 21.3. The summed E-state index contributed by atoms with van der Waals surface area (Å²) in [6.07, 6.45) is -8.06. The molecule has 0 aliphatic carbocycles. The first kappa shape index (κ1) is 46.9. The number of benzene rings is 1. The van der Waals surface area contributed by atoms with Gasteiger partial charge in [-0.3, -0.25) is 24.0 Å². The van der Waals surface area contributed by atoms with Gasteiger partial charge in [0, 0.05) is 39.0 Å². The highest BCUT2D eigenvalue weighted by molar-refractivity contribution is 5.97. The van der Waals surface area contributed by atoms with E-state index in [1.54, 1.807) is 6.92 Å². The minimum Gasteiger partial charge on any atom is -0.479 e. The van der Waals surface area contributed by atoms with Gasteiger partial charge in [0.05, 0.1) is 31.4 Å². The van der Waals surface area contributed by atoms with Gasteiger partial charge in [-0.2, -0.15) is 0 Å². The van der Waals surface area contributed by atoms with Gasteiger partial charge in [-0.1, -0.05) is 19.9 Å². The Hall–Kier alpha value is -4.28. The number of nitrogens with two attached hydrogens (primary N) is 1. The lowest BCUT2D eigenvalue weighted by Crippen LogP contribution is -2.61. The first-order valence-electron chi connectivity index (χ1n) is 17.9. The number of rotatable bonds is 26. The first-order valence-corrected chi connectivity index (χ1v) is 17.9. The number of esters is 1. The summed E-state index contributed by atoms with van der Waals surface area (Å²) in [4.78, 5) is 79.1. The number of hydrogen-bond donors (Lipinski definition) is 8. The topological polar surface area (TPSA) is 301 Å². The summed E-state index contributed by atoms with van der Waals surface area (Å²) in [5.74, 6) is -0.144. The van der Waals surface area contributed by atoms with Crippen molar-refractivity contribution >= 4 is 35.4 Å². The van der Waals surface area contributed by atoms with E-state index in [2.05, 4.69) is 20.8 Å². The van der Waals surface area contributed by atoms with Crippen LogP contribution in [0.2, 0.25) is 0 Å². The second kappa shape index (κ2) is 25.0. The average molecular weight is 787 g/mol. The highest BCUT2D eigenvalue weighted by Gasteiger charge is 2.48. The van der Waals surface area contributed by atoms with Crippen LogP contribution in [0, 0.1) is 5.92 Å². The number of nitrogens with one attached hydrogen (secondary N) is 3. The second-order valence-electron chi connectivity index (χ2n) is 12.7. The smallest absolute Gasteiger partial charge is 0.335 e. The van der Waals surface area contributed by atoms with E-state index < -0.39 is 72.3 Å². The third-order valence-corrected chi connectivity index (χ3v) is 8.14. The van der Waals surface area contributed by atoms with Crippen molar-refractivity contribution in [3.8, 4) is 5.75 Å². The lowest BCUT2D eigenvalue weighted by Gasteiger charge is -2.38. The van der Waals surface area contributed by atoms with Crippen LogP contribution in [0.25, 0.3) is 0 Å². The summed E-state index contributed by atoms with van der Waals surface area (Å²) in [5.41, 5.74) is 0.250. The fourth-order valence-electron chi connectivity index (χ4n) is 5.20. The molecule has 7 atom stereocenters. The summed E-state index contributed by atoms with van der Waals surface area (Å²) >= 11 is 0. The molecule has 9 N–H and O–H groups in total. The van der Waals surface area contributed by atoms with Crippen molar-refractivity contribution in [1.29, 1.82) is 0 Å². The molecule has 0 bridgehead atoms. The van der Waals surface area contributed by atoms with E-state index in [9.17, 15) is 49.2 Å². The van der Waals surface area contributed by atoms with Gasteiger partial charge in [-0.25, -0.2) is 10.7 Å². The fourth-order valence-corrected chi connectivity index (χ4v) is 5.20. The summed E-state index contributed by atoms with van der Waals surface area (Å²) < 4.78 is 26.5. The third kappa shape index (κ3) is 16.5. The van der Waals surface area contributed by atoms with Crippen molar-refractivity contribution < 1.29 is 77.7 Å². The molecule has 310 valence electrons. The molecule has 1 heterocycles. The number of carbonyl (C=O) groups excluding carboxylic acids is 5. The van der Waals surface area contributed by atoms with Gasteiger partial charge in [0.15, 0.2) is 11.9 Å². The molecule has 0 spiro atoms. The number of aliphatic hydroxyl groups excluding tert-OH is 3. The van der Waals surface area contributed by atoms with E-state index in [-0.39, 0.29) is 69.5 Å². The number of aliphatic hydroxyl groups is 3. The molecule has 0 unspecified atom stereocenters. The molecule has 0 saturated carbocycles. The number of ketones is 1. The number of amides is 3. The van der Waals surface area contributed by atoms with Gasteiger partial charge in [-0.05, 0) is 43.4 Å². The summed E-state index contributed by atoms with van der Waals surface area (Å²) in [7, 11) is 0. The Balaban J connectivity index is 2.10. The molecular formula is C35H54N4O16. The van der Waals surface area contributed by atoms with Crippen LogP contribution in [0.15, 0.2) is 18.2 Å². The third-order valence-electron chi connectivity index (χ3n) is 8.14. The van der Waals surface area contributed by atoms with E-state index >= 15 is 0 Å². The zero-order valence-corrected chi connectivity index (χ0v) is 31.2. The van der Waals surface area contributed by atoms with Crippen molar-refractivity contribution in [2.45, 2.75) is 96.2 Å². The number of carboxylic acid groups (broad SMARTS) is 1. The molecule has 55 heavy (non-hydrogen) atoms. The van der Waals surface area contributed by atoms with Crippen LogP contribution in [0.4, 0.5) is 0 Å². The van der Waals surface area contributed by atoms with Gasteiger partial charge in [0.1, 0.15) is 37.3 Å². The first-order chi connectivity index (χ1) is 26.2.